The highest BCUT2D eigenvalue weighted by atomic mass is 35.5. The van der Waals surface area contributed by atoms with Gasteiger partial charge in [0, 0.05) is 6.42 Å². The highest BCUT2D eigenvalue weighted by Gasteiger charge is 2.35. The third-order valence-electron chi connectivity index (χ3n) is 4.89. The van der Waals surface area contributed by atoms with Crippen LogP contribution in [0.15, 0.2) is 87.0 Å². The number of benzene rings is 2. The van der Waals surface area contributed by atoms with Crippen molar-refractivity contribution in [2.45, 2.75) is 6.42 Å². The van der Waals surface area contributed by atoms with E-state index >= 15 is 0 Å². The lowest BCUT2D eigenvalue weighted by Gasteiger charge is -2.20. The third-order valence-corrected chi connectivity index (χ3v) is 6.09. The first-order chi connectivity index (χ1) is 16.5. The lowest BCUT2D eigenvalue weighted by molar-refractivity contribution is -0.114. The molecule has 2 aliphatic rings. The van der Waals surface area contributed by atoms with Crippen LogP contribution in [0.4, 0.5) is 0 Å². The fourth-order valence-corrected chi connectivity index (χ4v) is 4.42. The Bertz CT molecular complexity index is 1400. The molecular formula is C24H15ClN4O4S. The molecule has 0 fully saturated rings. The predicted molar refractivity (Wildman–Crippen MR) is 130 cm³/mol. The Balaban J connectivity index is 1.35. The summed E-state index contributed by atoms with van der Waals surface area (Å²) in [4.78, 5) is 28.8. The number of nitrogens with one attached hydrogen (secondary N) is 1. The monoisotopic (exact) mass is 490 g/mol. The number of ether oxygens (including phenoxy) is 1. The van der Waals surface area contributed by atoms with Crippen LogP contribution in [0.25, 0.3) is 6.08 Å². The maximum atomic E-state index is 12.6. The number of thioether (sulfide) groups is 1. The average molecular weight is 491 g/mol. The van der Waals surface area contributed by atoms with Gasteiger partial charge in [-0.2, -0.15) is 15.1 Å². The van der Waals surface area contributed by atoms with E-state index in [1.165, 1.54) is 47.3 Å². The first kappa shape index (κ1) is 21.9. The smallest absolute Gasteiger partial charge is 0.379 e. The van der Waals surface area contributed by atoms with E-state index < -0.39 is 11.9 Å². The van der Waals surface area contributed by atoms with Crippen molar-refractivity contribution in [1.82, 2.24) is 5.01 Å². The molecule has 1 aromatic heterocycles. The number of esters is 1. The first-order valence-corrected chi connectivity index (χ1v) is 11.3. The molecule has 3 aromatic rings. The average Bonchev–Trinajstić information content (AvgIpc) is 3.49. The number of amidine groups is 2. The minimum absolute atomic E-state index is 0.0489. The SMILES string of the molecule is N=C1/C(=C/c2ccc(OC(=O)c3ccco3)c(Cl)c2)C(=O)N=C2SC(Cc3ccccc3)=NN12. The standard InChI is InChI=1S/C24H15ClN4O4S/c25-17-12-15(8-9-18(17)33-23(31)19-7-4-10-32-19)11-16-21(26)29-24(27-22(16)30)34-20(28-29)13-14-5-2-1-3-6-14/h1-12,26H,13H2/b16-11-,26-21?. The Morgan fingerprint density at radius 2 is 2.00 bits per heavy atom. The van der Waals surface area contributed by atoms with E-state index in [1.807, 2.05) is 30.3 Å². The molecular weight excluding hydrogens is 476 g/mol. The third kappa shape index (κ3) is 4.43. The van der Waals surface area contributed by atoms with E-state index in [1.54, 1.807) is 12.1 Å². The van der Waals surface area contributed by atoms with E-state index in [-0.39, 0.29) is 27.9 Å². The molecule has 2 aromatic carbocycles. The Hall–Kier alpha value is -3.95. The van der Waals surface area contributed by atoms with Crippen LogP contribution in [0.3, 0.4) is 0 Å². The molecule has 1 amide bonds. The molecule has 10 heteroatoms. The van der Waals surface area contributed by atoms with Gasteiger partial charge in [-0.25, -0.2) is 4.79 Å². The van der Waals surface area contributed by atoms with Gasteiger partial charge < -0.3 is 9.15 Å². The van der Waals surface area contributed by atoms with E-state index in [0.717, 1.165) is 10.6 Å². The summed E-state index contributed by atoms with van der Waals surface area (Å²) in [5.41, 5.74) is 1.69. The van der Waals surface area contributed by atoms with Crippen LogP contribution in [0.1, 0.15) is 21.7 Å². The molecule has 8 nitrogen and oxygen atoms in total. The van der Waals surface area contributed by atoms with Crippen LogP contribution in [0.2, 0.25) is 5.02 Å². The van der Waals surface area contributed by atoms with Crippen molar-refractivity contribution < 1.29 is 18.7 Å². The number of amides is 1. The molecule has 0 unspecified atom stereocenters. The summed E-state index contributed by atoms with van der Waals surface area (Å²) in [6, 6.07) is 17.5. The Labute approximate surface area is 203 Å². The lowest BCUT2D eigenvalue weighted by Crippen LogP contribution is -2.35. The van der Waals surface area contributed by atoms with E-state index in [2.05, 4.69) is 10.1 Å². The van der Waals surface area contributed by atoms with Gasteiger partial charge in [0.25, 0.3) is 5.91 Å². The van der Waals surface area contributed by atoms with Gasteiger partial charge in [0.05, 0.1) is 16.9 Å². The summed E-state index contributed by atoms with van der Waals surface area (Å²) in [5.74, 6) is -1.10. The molecule has 0 atom stereocenters. The van der Waals surface area contributed by atoms with Crippen molar-refractivity contribution in [3.05, 3.63) is 94.4 Å². The van der Waals surface area contributed by atoms with Crippen molar-refractivity contribution >= 4 is 57.4 Å². The quantitative estimate of drug-likeness (QED) is 0.306. The molecule has 1 N–H and O–H groups in total. The summed E-state index contributed by atoms with van der Waals surface area (Å²) in [5, 5.41) is 15.6. The van der Waals surface area contributed by atoms with Crippen LogP contribution >= 0.6 is 23.4 Å². The zero-order valence-electron chi connectivity index (χ0n) is 17.4. The van der Waals surface area contributed by atoms with Gasteiger partial charge in [0.15, 0.2) is 5.84 Å². The molecule has 168 valence electrons. The molecule has 0 bridgehead atoms. The molecule has 34 heavy (non-hydrogen) atoms. The molecule has 0 aliphatic carbocycles. The van der Waals surface area contributed by atoms with Crippen molar-refractivity contribution in [2.24, 2.45) is 10.1 Å². The highest BCUT2D eigenvalue weighted by molar-refractivity contribution is 8.26. The lowest BCUT2D eigenvalue weighted by atomic mass is 10.1. The zero-order chi connectivity index (χ0) is 23.7. The van der Waals surface area contributed by atoms with Crippen LogP contribution in [-0.2, 0) is 11.2 Å². The van der Waals surface area contributed by atoms with Crippen molar-refractivity contribution in [3.8, 4) is 5.75 Å². The fourth-order valence-electron chi connectivity index (χ4n) is 3.27. The van der Waals surface area contributed by atoms with Gasteiger partial charge in [0.1, 0.15) is 10.8 Å². The minimum Gasteiger partial charge on any atom is -0.457 e. The molecule has 0 saturated heterocycles. The van der Waals surface area contributed by atoms with Crippen molar-refractivity contribution in [2.75, 3.05) is 0 Å². The summed E-state index contributed by atoms with van der Waals surface area (Å²) < 4.78 is 10.3. The van der Waals surface area contributed by atoms with Gasteiger partial charge in [-0.05, 0) is 53.2 Å². The number of hydrogen-bond acceptors (Lipinski definition) is 7. The largest absolute Gasteiger partial charge is 0.457 e. The van der Waals surface area contributed by atoms with Crippen LogP contribution < -0.4 is 4.74 Å². The molecule has 0 radical (unpaired) electrons. The Morgan fingerprint density at radius 1 is 1.18 bits per heavy atom. The molecule has 5 rings (SSSR count). The van der Waals surface area contributed by atoms with Crippen molar-refractivity contribution in [1.29, 1.82) is 5.41 Å². The van der Waals surface area contributed by atoms with Crippen LogP contribution in [-0.4, -0.2) is 32.9 Å². The van der Waals surface area contributed by atoms with Gasteiger partial charge >= 0.3 is 5.97 Å². The number of aliphatic imine (C=N–C) groups is 1. The zero-order valence-corrected chi connectivity index (χ0v) is 19.0. The second-order valence-corrected chi connectivity index (χ2v) is 8.68. The van der Waals surface area contributed by atoms with Crippen LogP contribution in [0, 0.1) is 5.41 Å². The number of halogens is 1. The van der Waals surface area contributed by atoms with E-state index in [4.69, 9.17) is 26.2 Å². The van der Waals surface area contributed by atoms with Gasteiger partial charge in [-0.15, -0.1) is 0 Å². The Kier molecular flexibility index (Phi) is 5.87. The first-order valence-electron chi connectivity index (χ1n) is 10.1. The minimum atomic E-state index is -0.681. The molecule has 3 heterocycles. The normalized spacial score (nSPS) is 16.4. The number of hydrogen-bond donors (Lipinski definition) is 1. The number of hydrazone groups is 1. The topological polar surface area (TPSA) is 108 Å². The number of fused-ring (bicyclic) bond motifs is 1. The summed E-state index contributed by atoms with van der Waals surface area (Å²) in [7, 11) is 0. The summed E-state index contributed by atoms with van der Waals surface area (Å²) >= 11 is 7.55. The molecule has 0 spiro atoms. The van der Waals surface area contributed by atoms with E-state index in [9.17, 15) is 9.59 Å². The van der Waals surface area contributed by atoms with Crippen molar-refractivity contribution in [3.63, 3.8) is 0 Å². The number of furan rings is 1. The number of nitrogens with zero attached hydrogens (tertiary/aromatic N) is 3. The highest BCUT2D eigenvalue weighted by Crippen LogP contribution is 2.31. The maximum absolute atomic E-state index is 12.6. The van der Waals surface area contributed by atoms with Crippen LogP contribution in [0.5, 0.6) is 5.75 Å². The molecule has 0 saturated carbocycles. The number of carbonyl (C=O) groups excluding carboxylic acids is 2. The molecule has 2 aliphatic heterocycles. The predicted octanol–water partition coefficient (Wildman–Crippen LogP) is 5.01. The number of carbonyl (C=O) groups is 2. The summed E-state index contributed by atoms with van der Waals surface area (Å²) in [6.07, 6.45) is 3.45. The van der Waals surface area contributed by atoms with Gasteiger partial charge in [0.2, 0.25) is 10.9 Å². The fraction of sp³-hybridized carbons (Fsp3) is 0.0417. The second kappa shape index (κ2) is 9.12. The van der Waals surface area contributed by atoms with E-state index in [0.29, 0.717) is 17.2 Å². The summed E-state index contributed by atoms with van der Waals surface area (Å²) in [6.45, 7) is 0. The Morgan fingerprint density at radius 3 is 2.74 bits per heavy atom. The van der Waals surface area contributed by atoms with Gasteiger partial charge in [-0.3, -0.25) is 10.2 Å². The maximum Gasteiger partial charge on any atom is 0.379 e. The second-order valence-electron chi connectivity index (χ2n) is 7.23. The number of rotatable bonds is 5. The van der Waals surface area contributed by atoms with Gasteiger partial charge in [-0.1, -0.05) is 48.0 Å².